The second-order valence-corrected chi connectivity index (χ2v) is 3.75. The Labute approximate surface area is 78.2 Å². The second-order valence-electron chi connectivity index (χ2n) is 3.75. The lowest BCUT2D eigenvalue weighted by Crippen LogP contribution is -2.29. The van der Waals surface area contributed by atoms with Gasteiger partial charge in [0.2, 0.25) is 0 Å². The number of rotatable bonds is 3. The fourth-order valence-corrected chi connectivity index (χ4v) is 0.959. The predicted molar refractivity (Wildman–Crippen MR) is 52.2 cm³/mol. The van der Waals surface area contributed by atoms with Gasteiger partial charge in [0.15, 0.2) is 0 Å². The van der Waals surface area contributed by atoms with Gasteiger partial charge < -0.3 is 5.32 Å². The number of hydrogen-bond donors (Lipinski definition) is 1. The normalized spacial score (nSPS) is 11.4. The summed E-state index contributed by atoms with van der Waals surface area (Å²) in [6.45, 7) is 6.22. The third kappa shape index (κ3) is 3.01. The lowest BCUT2D eigenvalue weighted by atomic mass is 10.0. The Kier molecular flexibility index (Phi) is 2.86. The Morgan fingerprint density at radius 1 is 1.46 bits per heavy atom. The van der Waals surface area contributed by atoms with Gasteiger partial charge in [-0.15, -0.1) is 0 Å². The van der Waals surface area contributed by atoms with Gasteiger partial charge in [0.25, 0.3) is 0 Å². The van der Waals surface area contributed by atoms with E-state index in [0.29, 0.717) is 0 Å². The summed E-state index contributed by atoms with van der Waals surface area (Å²) in [7, 11) is 0. The largest absolute Gasteiger partial charge is 0.379 e. The van der Waals surface area contributed by atoms with Crippen molar-refractivity contribution in [3.8, 4) is 0 Å². The molecule has 0 spiro atoms. The molecule has 72 valence electrons. The van der Waals surface area contributed by atoms with E-state index in [4.69, 9.17) is 0 Å². The molecule has 1 aromatic rings. The van der Waals surface area contributed by atoms with Crippen molar-refractivity contribution in [2.24, 2.45) is 0 Å². The summed E-state index contributed by atoms with van der Waals surface area (Å²) in [4.78, 5) is 3.77. The molecule has 0 unspecified atom stereocenters. The lowest BCUT2D eigenvalue weighted by molar-refractivity contribution is 0.545. The van der Waals surface area contributed by atoms with E-state index < -0.39 is 0 Å². The van der Waals surface area contributed by atoms with Gasteiger partial charge in [-0.1, -0.05) is 6.92 Å². The molecule has 0 aliphatic heterocycles. The molecule has 0 radical (unpaired) electrons. The van der Waals surface area contributed by atoms with E-state index in [1.165, 1.54) is 12.3 Å². The monoisotopic (exact) mass is 182 g/mol. The second kappa shape index (κ2) is 3.73. The molecule has 1 rings (SSSR count). The first-order valence-corrected chi connectivity index (χ1v) is 4.42. The van der Waals surface area contributed by atoms with Gasteiger partial charge in [-0.05, 0) is 20.3 Å². The van der Waals surface area contributed by atoms with Crippen LogP contribution in [0.5, 0.6) is 0 Å². The van der Waals surface area contributed by atoms with E-state index in [9.17, 15) is 4.39 Å². The average Bonchev–Trinajstić information content (AvgIpc) is 2.03. The summed E-state index contributed by atoms with van der Waals surface area (Å²) in [6, 6.07) is 1.45. The van der Waals surface area contributed by atoms with E-state index in [0.717, 1.165) is 12.1 Å². The fourth-order valence-electron chi connectivity index (χ4n) is 0.959. The maximum Gasteiger partial charge on any atom is 0.143 e. The molecule has 0 aromatic carbocycles. The van der Waals surface area contributed by atoms with Gasteiger partial charge in [-0.3, -0.25) is 4.98 Å². The van der Waals surface area contributed by atoms with E-state index >= 15 is 0 Å². The Bertz CT molecular complexity index is 284. The first kappa shape index (κ1) is 9.96. The highest BCUT2D eigenvalue weighted by Gasteiger charge is 2.14. The fraction of sp³-hybridized carbons (Fsp3) is 0.500. The van der Waals surface area contributed by atoms with Crippen molar-refractivity contribution in [3.63, 3.8) is 0 Å². The number of nitrogens with one attached hydrogen (secondary N) is 1. The molecule has 1 heterocycles. The van der Waals surface area contributed by atoms with Crippen LogP contribution in [0.15, 0.2) is 18.5 Å². The van der Waals surface area contributed by atoms with Crippen LogP contribution < -0.4 is 5.32 Å². The minimum atomic E-state index is -0.308. The number of pyridine rings is 1. The van der Waals surface area contributed by atoms with Crippen LogP contribution in [0.2, 0.25) is 0 Å². The summed E-state index contributed by atoms with van der Waals surface area (Å²) in [5, 5.41) is 3.21. The Balaban J connectivity index is 2.74. The Morgan fingerprint density at radius 3 is 2.69 bits per heavy atom. The molecule has 0 saturated heterocycles. The van der Waals surface area contributed by atoms with Crippen molar-refractivity contribution < 1.29 is 4.39 Å². The van der Waals surface area contributed by atoms with Crippen LogP contribution in [0.25, 0.3) is 0 Å². The summed E-state index contributed by atoms with van der Waals surface area (Å²) in [6.07, 6.45) is 3.80. The van der Waals surface area contributed by atoms with Crippen molar-refractivity contribution >= 4 is 5.69 Å². The molecule has 0 amide bonds. The number of anilines is 1. The Morgan fingerprint density at radius 2 is 2.15 bits per heavy atom. The molecular weight excluding hydrogens is 167 g/mol. The van der Waals surface area contributed by atoms with Crippen LogP contribution in [0.4, 0.5) is 10.1 Å². The number of hydrogen-bond acceptors (Lipinski definition) is 2. The molecule has 0 aliphatic rings. The minimum absolute atomic E-state index is 0.0184. The van der Waals surface area contributed by atoms with Crippen LogP contribution in [0.3, 0.4) is 0 Å². The molecule has 1 N–H and O–H groups in total. The van der Waals surface area contributed by atoms with E-state index in [1.54, 1.807) is 6.20 Å². The van der Waals surface area contributed by atoms with Gasteiger partial charge in [-0.2, -0.15) is 0 Å². The molecule has 0 fully saturated rings. The van der Waals surface area contributed by atoms with Crippen LogP contribution in [0.1, 0.15) is 27.2 Å². The highest BCUT2D eigenvalue weighted by molar-refractivity contribution is 5.42. The molecule has 0 bridgehead atoms. The maximum absolute atomic E-state index is 12.7. The highest BCUT2D eigenvalue weighted by atomic mass is 19.1. The molecule has 1 aromatic heterocycles. The van der Waals surface area contributed by atoms with Crippen LogP contribution in [-0.4, -0.2) is 10.5 Å². The van der Waals surface area contributed by atoms with Crippen molar-refractivity contribution in [1.29, 1.82) is 0 Å². The third-order valence-electron chi connectivity index (χ3n) is 2.07. The molecule has 3 heteroatoms. The van der Waals surface area contributed by atoms with Crippen LogP contribution in [0, 0.1) is 5.82 Å². The van der Waals surface area contributed by atoms with Crippen LogP contribution in [-0.2, 0) is 0 Å². The van der Waals surface area contributed by atoms with Gasteiger partial charge in [0.1, 0.15) is 5.82 Å². The average molecular weight is 182 g/mol. The Hall–Kier alpha value is -1.12. The highest BCUT2D eigenvalue weighted by Crippen LogP contribution is 2.17. The van der Waals surface area contributed by atoms with Crippen LogP contribution >= 0.6 is 0 Å². The van der Waals surface area contributed by atoms with Gasteiger partial charge in [0.05, 0.1) is 18.1 Å². The van der Waals surface area contributed by atoms with E-state index in [2.05, 4.69) is 31.1 Å². The third-order valence-corrected chi connectivity index (χ3v) is 2.07. The van der Waals surface area contributed by atoms with Gasteiger partial charge in [0, 0.05) is 11.6 Å². The zero-order valence-corrected chi connectivity index (χ0v) is 8.26. The zero-order chi connectivity index (χ0) is 9.90. The van der Waals surface area contributed by atoms with Crippen molar-refractivity contribution in [2.75, 3.05) is 5.32 Å². The number of aromatic nitrogens is 1. The molecular formula is C10H15FN2. The lowest BCUT2D eigenvalue weighted by Gasteiger charge is -2.25. The topological polar surface area (TPSA) is 24.9 Å². The molecule has 0 atom stereocenters. The summed E-state index contributed by atoms with van der Waals surface area (Å²) in [5.41, 5.74) is 0.710. The number of halogens is 1. The molecule has 2 nitrogen and oxygen atoms in total. The van der Waals surface area contributed by atoms with Gasteiger partial charge >= 0.3 is 0 Å². The summed E-state index contributed by atoms with van der Waals surface area (Å²) in [5.74, 6) is -0.308. The van der Waals surface area contributed by atoms with Gasteiger partial charge in [-0.25, -0.2) is 4.39 Å². The van der Waals surface area contributed by atoms with E-state index in [-0.39, 0.29) is 11.4 Å². The number of nitrogens with zero attached hydrogens (tertiary/aromatic N) is 1. The standard InChI is InChI=1S/C10H15FN2/c1-4-10(2,3)13-9-5-8(11)6-12-7-9/h5-7,13H,4H2,1-3H3. The zero-order valence-electron chi connectivity index (χ0n) is 8.26. The minimum Gasteiger partial charge on any atom is -0.379 e. The summed E-state index contributed by atoms with van der Waals surface area (Å²) >= 11 is 0. The maximum atomic E-state index is 12.7. The predicted octanol–water partition coefficient (Wildman–Crippen LogP) is 2.82. The summed E-state index contributed by atoms with van der Waals surface area (Å²) < 4.78 is 12.7. The smallest absolute Gasteiger partial charge is 0.143 e. The SMILES string of the molecule is CCC(C)(C)Nc1cncc(F)c1. The first-order chi connectivity index (χ1) is 6.03. The quantitative estimate of drug-likeness (QED) is 0.777. The molecule has 13 heavy (non-hydrogen) atoms. The van der Waals surface area contributed by atoms with Crippen molar-refractivity contribution in [3.05, 3.63) is 24.3 Å². The molecule has 0 aliphatic carbocycles. The molecule has 0 saturated carbocycles. The van der Waals surface area contributed by atoms with Crippen molar-refractivity contribution in [2.45, 2.75) is 32.7 Å². The van der Waals surface area contributed by atoms with E-state index in [1.807, 2.05) is 0 Å². The first-order valence-electron chi connectivity index (χ1n) is 4.42. The van der Waals surface area contributed by atoms with Crippen molar-refractivity contribution in [1.82, 2.24) is 4.98 Å².